The van der Waals surface area contributed by atoms with Gasteiger partial charge in [-0.25, -0.2) is 0 Å². The molecular weight excluding hydrogens is 1500 g/mol. The maximum atomic E-state index is 15.7. The summed E-state index contributed by atoms with van der Waals surface area (Å²) in [4.78, 5) is 224. The fourth-order valence-electron chi connectivity index (χ4n) is 14.9. The number of hydrogen-bond donors (Lipinski definition) is 13. The summed E-state index contributed by atoms with van der Waals surface area (Å²) in [6.07, 6.45) is 2.84. The number of carboxylic acid groups (broad SMARTS) is 2. The number of aliphatic hydroxyl groups excluding tert-OH is 2. The number of nitrogens with zero attached hydrogens (tertiary/aromatic N) is 4. The molecule has 614 valence electrons. The predicted octanol–water partition coefficient (Wildman–Crippen LogP) is -8.81. The van der Waals surface area contributed by atoms with E-state index in [0.29, 0.717) is 32.1 Å². The summed E-state index contributed by atoms with van der Waals surface area (Å²) in [6, 6.07) is -17.5. The van der Waals surface area contributed by atoms with E-state index in [0.717, 1.165) is 39.3 Å². The molecule has 0 radical (unpaired) electrons. The number of aliphatic imine (C=N–C) groups is 1. The number of amides is 11. The van der Waals surface area contributed by atoms with E-state index in [9.17, 15) is 63.6 Å². The average molecular weight is 1620 g/mol. The van der Waals surface area contributed by atoms with Crippen molar-refractivity contribution in [2.24, 2.45) is 63.6 Å². The zero-order chi connectivity index (χ0) is 81.5. The van der Waals surface area contributed by atoms with Gasteiger partial charge in [0.15, 0.2) is 11.7 Å². The van der Waals surface area contributed by atoms with Crippen molar-refractivity contribution in [3.8, 4) is 0 Å². The fraction of sp³-hybridized carbons (Fsp3) is 0.781. The van der Waals surface area contributed by atoms with E-state index in [4.69, 9.17) is 17.2 Å². The molecule has 5 fully saturated rings. The number of guanidine groups is 1. The second-order valence-electron chi connectivity index (χ2n) is 31.0. The van der Waals surface area contributed by atoms with Gasteiger partial charge in [-0.1, -0.05) is 109 Å². The van der Waals surface area contributed by atoms with Crippen molar-refractivity contribution in [1.82, 2.24) is 57.2 Å². The van der Waals surface area contributed by atoms with E-state index >= 15 is 28.8 Å². The predicted molar refractivity (Wildman–Crippen MR) is 401 cm³/mol. The first kappa shape index (κ1) is 99.5. The first-order chi connectivity index (χ1) is 51.3. The Kier molecular flexibility index (Phi) is 42.4. The van der Waals surface area contributed by atoms with Crippen LogP contribution in [0.5, 0.6) is 0 Å². The largest absolute Gasteiger partial charge is 1.00 e. The molecule has 0 spiro atoms. The number of nitrogens with two attached hydrogens (primary N) is 3. The molecule has 0 aromatic carbocycles. The number of likely N-dealkylation sites (tertiary alicyclic amines) is 1. The Hall–Kier alpha value is -5.70. The molecule has 16 N–H and O–H groups in total. The standard InChI is InChI=1S/C73H121N15O19S2.2Na/c1-12-38(6)57(82-61(96)41(9)74)66(101)81-49-36-108-109-73(10,11)60(68(103)84-59(40(8)14-3)70(105)87-27-19-24-51(87)64(99)79-47(71(106)107)33-56(94)95)85-67(102)58(39(7)13-2)83-65(100)52-29-42-20-15-16-23-50(42)88(52)55(93)32-45-21-18-26-86(45)69(104)43(28-37(4)5)30-53(91)44(34-89)31-54(92)46(22-17-25-77-72(75)76)78-62(97)48(35-90)80-63(49)98;;/h37-52,57-60,89-90H,12-36,74H2,1-11H3,(H,78,97)(H,79,99)(H,80,98)(H,81,101)(H,82,96)(H,83,100)(H,84,103)(H,85,102)(H,94,95)(H,106,107)(H4,75,76,77);;/q;2*+1/p-2/t38-,39-,40-,41-,42-,43+,44-,45-,46-,47-,48-,49-,50-,51-,52-,57-,58-,59-,60+;;/m0../s1. The third kappa shape index (κ3) is 28.6. The van der Waals surface area contributed by atoms with Crippen molar-refractivity contribution in [2.45, 2.75) is 281 Å². The third-order valence-corrected chi connectivity index (χ3v) is 25.2. The van der Waals surface area contributed by atoms with Crippen LogP contribution in [0.1, 0.15) is 198 Å². The average Bonchev–Trinajstić information content (AvgIpc) is 1.64. The van der Waals surface area contributed by atoms with Crippen LogP contribution in [0.3, 0.4) is 0 Å². The first-order valence-electron chi connectivity index (χ1n) is 38.5. The topological polar surface area (TPSA) is 539 Å². The van der Waals surface area contributed by atoms with Crippen molar-refractivity contribution in [3.05, 3.63) is 0 Å². The second kappa shape index (κ2) is 47.4. The summed E-state index contributed by atoms with van der Waals surface area (Å²) in [5, 5.41) is 66.3. The van der Waals surface area contributed by atoms with Gasteiger partial charge in [0.05, 0.1) is 37.3 Å². The van der Waals surface area contributed by atoms with E-state index in [1.807, 2.05) is 13.8 Å². The van der Waals surface area contributed by atoms with Crippen LogP contribution in [0, 0.1) is 41.4 Å². The number of carbonyl (C=O) groups is 15. The summed E-state index contributed by atoms with van der Waals surface area (Å²) in [7, 11) is 1.77. The zero-order valence-electron chi connectivity index (χ0n) is 66.9. The Morgan fingerprint density at radius 2 is 1.32 bits per heavy atom. The summed E-state index contributed by atoms with van der Waals surface area (Å²) >= 11 is 0. The van der Waals surface area contributed by atoms with Crippen molar-refractivity contribution in [1.29, 1.82) is 0 Å². The minimum absolute atomic E-state index is 0. The molecule has 38 heteroatoms. The molecule has 34 nitrogen and oxygen atoms in total. The van der Waals surface area contributed by atoms with Gasteiger partial charge in [0.2, 0.25) is 65.0 Å². The molecule has 1 saturated carbocycles. The van der Waals surface area contributed by atoms with Crippen molar-refractivity contribution < 1.29 is 151 Å². The normalized spacial score (nSPS) is 27.5. The zero-order valence-corrected chi connectivity index (χ0v) is 72.5. The van der Waals surface area contributed by atoms with E-state index in [2.05, 4.69) is 47.5 Å². The first-order valence-corrected chi connectivity index (χ1v) is 40.8. The summed E-state index contributed by atoms with van der Waals surface area (Å²) in [6.45, 7) is 16.6. The van der Waals surface area contributed by atoms with Gasteiger partial charge in [-0.2, -0.15) is 0 Å². The van der Waals surface area contributed by atoms with Crippen LogP contribution in [-0.2, 0) is 71.9 Å². The van der Waals surface area contributed by atoms with Gasteiger partial charge in [0.25, 0.3) is 0 Å². The molecule has 0 aromatic rings. The Bertz CT molecular complexity index is 3280. The maximum Gasteiger partial charge on any atom is 1.00 e. The smallest absolute Gasteiger partial charge is 0.550 e. The molecule has 5 rings (SSSR count). The summed E-state index contributed by atoms with van der Waals surface area (Å²) in [5.74, 6) is -19.4. The summed E-state index contributed by atoms with van der Waals surface area (Å²) < 4.78 is -1.59. The Balaban J connectivity index is 0.0000160. The quantitative estimate of drug-likeness (QED) is 0.0126. The van der Waals surface area contributed by atoms with Crippen LogP contribution in [0.15, 0.2) is 4.99 Å². The number of carbonyl (C=O) groups excluding carboxylic acids is 15. The van der Waals surface area contributed by atoms with Crippen LogP contribution < -0.4 is 129 Å². The molecule has 19 atom stereocenters. The minimum atomic E-state index is -2.02. The molecule has 4 aliphatic heterocycles. The fourth-order valence-corrected chi connectivity index (χ4v) is 17.7. The Morgan fingerprint density at radius 1 is 0.685 bits per heavy atom. The Labute approximate surface area is 703 Å². The summed E-state index contributed by atoms with van der Waals surface area (Å²) in [5.41, 5.74) is 17.1. The maximum absolute atomic E-state index is 15.7. The monoisotopic (exact) mass is 1620 g/mol. The van der Waals surface area contributed by atoms with Gasteiger partial charge < -0.3 is 104 Å². The van der Waals surface area contributed by atoms with Crippen LogP contribution >= 0.6 is 21.6 Å². The number of rotatable bonds is 26. The van der Waals surface area contributed by atoms with Gasteiger partial charge in [-0.05, 0) is 115 Å². The van der Waals surface area contributed by atoms with Crippen molar-refractivity contribution >= 4 is 116 Å². The van der Waals surface area contributed by atoms with Crippen LogP contribution in [-0.4, -0.2) is 241 Å². The number of hydrogen-bond acceptors (Lipinski definition) is 23. The van der Waals surface area contributed by atoms with Crippen molar-refractivity contribution in [3.63, 3.8) is 0 Å². The molecular formula is C73H119N15Na2O19S2. The number of aliphatic carboxylic acids is 2. The van der Waals surface area contributed by atoms with Crippen LogP contribution in [0.2, 0.25) is 0 Å². The minimum Gasteiger partial charge on any atom is -0.550 e. The number of ketones is 2. The molecule has 0 unspecified atom stereocenters. The molecule has 4 heterocycles. The molecule has 1 aliphatic carbocycles. The number of fused-ring (bicyclic) bond motifs is 4. The molecule has 0 aromatic heterocycles. The van der Waals surface area contributed by atoms with Gasteiger partial charge in [0.1, 0.15) is 54.1 Å². The third-order valence-electron chi connectivity index (χ3n) is 21.9. The van der Waals surface area contributed by atoms with E-state index in [-0.39, 0.29) is 160 Å². The molecule has 0 bridgehead atoms. The van der Waals surface area contributed by atoms with E-state index in [1.54, 1.807) is 65.2 Å². The number of nitrogens with one attached hydrogen (secondary N) is 8. The SMILES string of the molecule is CC[C@H](C)[C@H](NC(=O)[C@H](C)N)C(=O)N[C@H]1CSSC(C)(C)[C@@H](C(=O)N[C@H](C(=O)N2CCC[C@H]2C(=O)N[C@@H](CC(=O)[O-])C(=O)[O-])[C@@H](C)CC)NC(=O)[C@H]([C@@H](C)CC)NC(=O)[C@@H]2C[C@@H]3CCCC[C@@H]3N2C(=O)C[C@@H]2CCCN2C(=O)[C@H](CC(C)C)CC(=O)[C@H](CO)CC(=O)[C@H](CCCN=C(N)N)NC(=O)[C@H](CO)NC1=O.[Na+].[Na+]. The van der Waals surface area contributed by atoms with E-state index < -0.39 is 234 Å². The van der Waals surface area contributed by atoms with Gasteiger partial charge >= 0.3 is 59.1 Å². The molecule has 111 heavy (non-hydrogen) atoms. The number of aliphatic hydroxyl groups is 2. The van der Waals surface area contributed by atoms with Gasteiger partial charge in [-0.3, -0.25) is 67.3 Å². The molecule has 11 amide bonds. The van der Waals surface area contributed by atoms with E-state index in [1.165, 1.54) is 6.92 Å². The molecule has 5 aliphatic rings. The van der Waals surface area contributed by atoms with Gasteiger partial charge in [-0.15, -0.1) is 0 Å². The second-order valence-corrected chi connectivity index (χ2v) is 34.0. The Morgan fingerprint density at radius 3 is 1.91 bits per heavy atom. The number of carboxylic acids is 2. The molecule has 4 saturated heterocycles. The van der Waals surface area contributed by atoms with Crippen LogP contribution in [0.4, 0.5) is 0 Å². The van der Waals surface area contributed by atoms with Gasteiger partial charge in [0, 0.05) is 85.7 Å². The number of Topliss-reactive ketones (excluding diaryl/α,β-unsaturated/α-hetero) is 2. The van der Waals surface area contributed by atoms with Crippen molar-refractivity contribution in [2.75, 3.05) is 38.6 Å². The van der Waals surface area contributed by atoms with Crippen LogP contribution in [0.25, 0.3) is 0 Å².